The number of carbonyl (C=O) groups excluding carboxylic acids is 2. The highest BCUT2D eigenvalue weighted by Crippen LogP contribution is 2.29. The second kappa shape index (κ2) is 14.0. The molecule has 40 heavy (non-hydrogen) atoms. The van der Waals surface area contributed by atoms with E-state index in [1.165, 1.54) is 29.2 Å². The molecule has 0 spiro atoms. The average molecular weight is 609 g/mol. The summed E-state index contributed by atoms with van der Waals surface area (Å²) in [6, 6.07) is 16.2. The quantitative estimate of drug-likeness (QED) is 0.271. The normalized spacial score (nSPS) is 12.8. The fourth-order valence-corrected chi connectivity index (χ4v) is 6.02. The van der Waals surface area contributed by atoms with E-state index in [1.54, 1.807) is 43.3 Å². The maximum atomic E-state index is 14.0. The lowest BCUT2D eigenvalue weighted by Crippen LogP contribution is -2.53. The van der Waals surface area contributed by atoms with Crippen LogP contribution in [0.5, 0.6) is 0 Å². The van der Waals surface area contributed by atoms with Gasteiger partial charge in [-0.15, -0.1) is 0 Å². The second-order valence-corrected chi connectivity index (χ2v) is 11.9. The molecule has 0 fully saturated rings. The SMILES string of the molecule is CC[C@H](C)NC(=O)[C@H](CC)N(Cc1c(Cl)cccc1Cl)C(=O)CN(c1ccc(F)cc1)S(=O)(=O)c1ccccc1. The summed E-state index contributed by atoms with van der Waals surface area (Å²) in [7, 11) is -4.25. The Morgan fingerprint density at radius 2 is 1.50 bits per heavy atom. The van der Waals surface area contributed by atoms with Crippen LogP contribution in [0.1, 0.15) is 39.2 Å². The third kappa shape index (κ3) is 7.53. The first-order chi connectivity index (χ1) is 19.0. The Balaban J connectivity index is 2.08. The van der Waals surface area contributed by atoms with E-state index in [0.29, 0.717) is 22.0 Å². The number of hydrogen-bond donors (Lipinski definition) is 1. The maximum Gasteiger partial charge on any atom is 0.264 e. The van der Waals surface area contributed by atoms with Gasteiger partial charge in [0.05, 0.1) is 10.6 Å². The summed E-state index contributed by atoms with van der Waals surface area (Å²) in [6.45, 7) is 4.75. The van der Waals surface area contributed by atoms with Crippen molar-refractivity contribution in [2.45, 2.75) is 57.1 Å². The predicted molar refractivity (Wildman–Crippen MR) is 156 cm³/mol. The number of anilines is 1. The summed E-state index contributed by atoms with van der Waals surface area (Å²) in [5.41, 5.74) is 0.514. The molecule has 1 N–H and O–H groups in total. The molecule has 2 atom stereocenters. The molecule has 3 rings (SSSR count). The van der Waals surface area contributed by atoms with Crippen LogP contribution >= 0.6 is 23.2 Å². The molecule has 0 aliphatic carbocycles. The van der Waals surface area contributed by atoms with Gasteiger partial charge in [-0.25, -0.2) is 12.8 Å². The van der Waals surface area contributed by atoms with Gasteiger partial charge in [0.25, 0.3) is 10.0 Å². The molecule has 0 aromatic heterocycles. The number of rotatable bonds is 12. The molecule has 0 aliphatic heterocycles. The average Bonchev–Trinajstić information content (AvgIpc) is 2.93. The zero-order valence-corrected chi connectivity index (χ0v) is 24.8. The predicted octanol–water partition coefficient (Wildman–Crippen LogP) is 6.05. The van der Waals surface area contributed by atoms with Crippen LogP contribution in [-0.4, -0.2) is 43.8 Å². The lowest BCUT2D eigenvalue weighted by atomic mass is 10.1. The monoisotopic (exact) mass is 607 g/mol. The standard InChI is InChI=1S/C29H32Cl2FN3O4S/c1-4-20(3)33-29(37)27(5-2)34(18-24-25(30)12-9-13-26(24)31)28(36)19-35(22-16-14-21(32)15-17-22)40(38,39)23-10-7-6-8-11-23/h6-17,20,27H,4-5,18-19H2,1-3H3,(H,33,37)/t20-,27-/m0/s1. The molecule has 0 aliphatic rings. The fraction of sp³-hybridized carbons (Fsp3) is 0.310. The Hall–Kier alpha value is -3.14. The van der Waals surface area contributed by atoms with Crippen LogP contribution in [0.15, 0.2) is 77.7 Å². The third-order valence-electron chi connectivity index (χ3n) is 6.50. The highest BCUT2D eigenvalue weighted by atomic mass is 35.5. The van der Waals surface area contributed by atoms with Crippen LogP contribution in [-0.2, 0) is 26.2 Å². The van der Waals surface area contributed by atoms with E-state index in [9.17, 15) is 22.4 Å². The Morgan fingerprint density at radius 1 is 0.900 bits per heavy atom. The van der Waals surface area contributed by atoms with E-state index in [0.717, 1.165) is 16.4 Å². The molecule has 3 aromatic carbocycles. The number of nitrogens with one attached hydrogen (secondary N) is 1. The van der Waals surface area contributed by atoms with Crippen LogP contribution in [0.25, 0.3) is 0 Å². The zero-order valence-electron chi connectivity index (χ0n) is 22.5. The van der Waals surface area contributed by atoms with E-state index in [4.69, 9.17) is 23.2 Å². The number of amides is 2. The number of sulfonamides is 1. The Bertz CT molecular complexity index is 1400. The van der Waals surface area contributed by atoms with Crippen molar-refractivity contribution in [3.05, 3.63) is 94.2 Å². The van der Waals surface area contributed by atoms with E-state index in [-0.39, 0.29) is 35.5 Å². The van der Waals surface area contributed by atoms with Gasteiger partial charge in [0.2, 0.25) is 11.8 Å². The van der Waals surface area contributed by atoms with Crippen molar-refractivity contribution in [1.82, 2.24) is 10.2 Å². The van der Waals surface area contributed by atoms with Crippen LogP contribution in [0.4, 0.5) is 10.1 Å². The van der Waals surface area contributed by atoms with E-state index < -0.39 is 34.3 Å². The minimum Gasteiger partial charge on any atom is -0.352 e. The first-order valence-corrected chi connectivity index (χ1v) is 15.0. The summed E-state index contributed by atoms with van der Waals surface area (Å²) in [6.07, 6.45) is 0.929. The summed E-state index contributed by atoms with van der Waals surface area (Å²) in [5, 5.41) is 3.51. The van der Waals surface area contributed by atoms with Crippen molar-refractivity contribution >= 4 is 50.7 Å². The summed E-state index contributed by atoms with van der Waals surface area (Å²) >= 11 is 12.8. The molecule has 3 aromatic rings. The summed E-state index contributed by atoms with van der Waals surface area (Å²) in [5.74, 6) is -1.60. The molecule has 214 valence electrons. The lowest BCUT2D eigenvalue weighted by Gasteiger charge is -2.34. The number of hydrogen-bond acceptors (Lipinski definition) is 4. The van der Waals surface area contributed by atoms with Crippen molar-refractivity contribution in [3.63, 3.8) is 0 Å². The van der Waals surface area contributed by atoms with Crippen molar-refractivity contribution in [2.24, 2.45) is 0 Å². The second-order valence-electron chi connectivity index (χ2n) is 9.26. The Morgan fingerprint density at radius 3 is 2.05 bits per heavy atom. The molecule has 7 nitrogen and oxygen atoms in total. The van der Waals surface area contributed by atoms with Crippen LogP contribution in [0.3, 0.4) is 0 Å². The molecule has 0 bridgehead atoms. The van der Waals surface area contributed by atoms with Gasteiger partial charge in [-0.2, -0.15) is 0 Å². The molecule has 11 heteroatoms. The molecule has 0 saturated heterocycles. The third-order valence-corrected chi connectivity index (χ3v) is 9.00. The van der Waals surface area contributed by atoms with Crippen LogP contribution < -0.4 is 9.62 Å². The molecular weight excluding hydrogens is 576 g/mol. The van der Waals surface area contributed by atoms with Gasteiger partial charge in [-0.05, 0) is 68.3 Å². The van der Waals surface area contributed by atoms with Crippen molar-refractivity contribution in [2.75, 3.05) is 10.8 Å². The van der Waals surface area contributed by atoms with E-state index in [2.05, 4.69) is 5.32 Å². The van der Waals surface area contributed by atoms with Gasteiger partial charge in [0, 0.05) is 28.2 Å². The van der Waals surface area contributed by atoms with Gasteiger partial charge in [0.15, 0.2) is 0 Å². The lowest BCUT2D eigenvalue weighted by molar-refractivity contribution is -0.140. The largest absolute Gasteiger partial charge is 0.352 e. The highest BCUT2D eigenvalue weighted by Gasteiger charge is 2.34. The van der Waals surface area contributed by atoms with Crippen molar-refractivity contribution < 1.29 is 22.4 Å². The summed E-state index contributed by atoms with van der Waals surface area (Å²) < 4.78 is 42.1. The molecule has 0 saturated carbocycles. The van der Waals surface area contributed by atoms with E-state index >= 15 is 0 Å². The Labute approximate surface area is 244 Å². The smallest absolute Gasteiger partial charge is 0.264 e. The zero-order chi connectivity index (χ0) is 29.4. The number of carbonyl (C=O) groups is 2. The maximum absolute atomic E-state index is 14.0. The Kier molecular flexibility index (Phi) is 11.0. The topological polar surface area (TPSA) is 86.8 Å². The summed E-state index contributed by atoms with van der Waals surface area (Å²) in [4.78, 5) is 28.6. The minimum atomic E-state index is -4.25. The number of halogens is 3. The van der Waals surface area contributed by atoms with Gasteiger partial charge >= 0.3 is 0 Å². The van der Waals surface area contributed by atoms with Crippen molar-refractivity contribution in [3.8, 4) is 0 Å². The molecule has 0 heterocycles. The van der Waals surface area contributed by atoms with Gasteiger partial charge in [0.1, 0.15) is 18.4 Å². The van der Waals surface area contributed by atoms with Crippen LogP contribution in [0, 0.1) is 5.82 Å². The minimum absolute atomic E-state index is 0.0469. The molecular formula is C29H32Cl2FN3O4S. The first-order valence-electron chi connectivity index (χ1n) is 12.9. The van der Waals surface area contributed by atoms with Gasteiger partial charge < -0.3 is 10.2 Å². The van der Waals surface area contributed by atoms with Crippen molar-refractivity contribution in [1.29, 1.82) is 0 Å². The number of nitrogens with zero attached hydrogens (tertiary/aromatic N) is 2. The van der Waals surface area contributed by atoms with Crippen LogP contribution in [0.2, 0.25) is 10.0 Å². The molecule has 0 unspecified atom stereocenters. The molecule has 2 amide bonds. The first kappa shape index (κ1) is 31.4. The fourth-order valence-electron chi connectivity index (χ4n) is 4.07. The molecule has 0 radical (unpaired) electrons. The van der Waals surface area contributed by atoms with E-state index in [1.807, 2.05) is 13.8 Å². The number of benzene rings is 3. The van der Waals surface area contributed by atoms with Gasteiger partial charge in [-0.3, -0.25) is 13.9 Å². The van der Waals surface area contributed by atoms with Gasteiger partial charge in [-0.1, -0.05) is 61.3 Å². The highest BCUT2D eigenvalue weighted by molar-refractivity contribution is 7.92.